The largest absolute Gasteiger partial charge is 0.0991 e. The van der Waals surface area contributed by atoms with E-state index in [9.17, 15) is 0 Å². The molecule has 0 heteroatoms. The van der Waals surface area contributed by atoms with Gasteiger partial charge in [-0.25, -0.2) is 0 Å². The highest BCUT2D eigenvalue weighted by molar-refractivity contribution is 5.18. The van der Waals surface area contributed by atoms with Crippen LogP contribution in [0.3, 0.4) is 0 Å². The Hall–Kier alpha value is -0.780. The molecule has 0 radical (unpaired) electrons. The smallest absolute Gasteiger partial charge is 0.0401 e. The van der Waals surface area contributed by atoms with E-state index in [0.717, 1.165) is 0 Å². The molecule has 0 spiro atoms. The van der Waals surface area contributed by atoms with Crippen molar-refractivity contribution in [2.45, 2.75) is 55.4 Å². The molecule has 0 aliphatic rings. The lowest BCUT2D eigenvalue weighted by molar-refractivity contribution is 1.48. The van der Waals surface area contributed by atoms with E-state index in [-0.39, 0.29) is 0 Å². The first-order valence-electron chi connectivity index (χ1n) is 5.73. The lowest BCUT2D eigenvalue weighted by Crippen LogP contribution is -1.60. The molecule has 0 fully saturated rings. The molecule has 0 N–H and O–H groups in total. The van der Waals surface area contributed by atoms with Gasteiger partial charge in [0.15, 0.2) is 0 Å². The van der Waals surface area contributed by atoms with Crippen LogP contribution in [0.4, 0.5) is 0 Å². The summed E-state index contributed by atoms with van der Waals surface area (Å²) in [5.41, 5.74) is 1.27. The second-order valence-corrected chi connectivity index (χ2v) is 1.63. The van der Waals surface area contributed by atoms with Gasteiger partial charge in [-0.3, -0.25) is 0 Å². The molecule has 0 aliphatic heterocycles. The number of rotatable bonds is 2. The Bertz CT molecular complexity index is 116. The summed E-state index contributed by atoms with van der Waals surface area (Å²) >= 11 is 0. The third-order valence-electron chi connectivity index (χ3n) is 0.951. The van der Waals surface area contributed by atoms with Gasteiger partial charge in [-0.2, -0.15) is 0 Å². The van der Waals surface area contributed by atoms with Crippen molar-refractivity contribution in [1.82, 2.24) is 0 Å². The first-order valence-corrected chi connectivity index (χ1v) is 5.73. The third-order valence-corrected chi connectivity index (χ3v) is 0.951. The average molecular weight is 198 g/mol. The Morgan fingerprint density at radius 2 is 1.29 bits per heavy atom. The summed E-state index contributed by atoms with van der Waals surface area (Å²) in [6.07, 6.45) is 7.77. The lowest BCUT2D eigenvalue weighted by Gasteiger charge is -1.82. The van der Waals surface area contributed by atoms with Gasteiger partial charge in [-0.15, -0.1) is 0 Å². The van der Waals surface area contributed by atoms with Gasteiger partial charge in [0.25, 0.3) is 0 Å². The summed E-state index contributed by atoms with van der Waals surface area (Å²) in [5.74, 6) is 0. The summed E-state index contributed by atoms with van der Waals surface area (Å²) in [6.45, 7) is 19.6. The van der Waals surface area contributed by atoms with Crippen LogP contribution >= 0.6 is 0 Å². The topological polar surface area (TPSA) is 0 Å². The fraction of sp³-hybridized carbons (Fsp3) is 0.571. The van der Waals surface area contributed by atoms with Gasteiger partial charge in [-0.05, 0) is 13.8 Å². The van der Waals surface area contributed by atoms with E-state index < -0.39 is 0 Å². The van der Waals surface area contributed by atoms with Gasteiger partial charge in [0.1, 0.15) is 0 Å². The first kappa shape index (κ1) is 23.2. The summed E-state index contributed by atoms with van der Waals surface area (Å²) in [4.78, 5) is 0. The van der Waals surface area contributed by atoms with Crippen molar-refractivity contribution >= 4 is 0 Å². The Morgan fingerprint density at radius 1 is 0.929 bits per heavy atom. The molecule has 0 atom stereocenters. The predicted molar refractivity (Wildman–Crippen MR) is 72.8 cm³/mol. The maximum absolute atomic E-state index is 3.55. The van der Waals surface area contributed by atoms with Gasteiger partial charge >= 0.3 is 0 Å². The Morgan fingerprint density at radius 3 is 1.50 bits per heavy atom. The van der Waals surface area contributed by atoms with E-state index in [0.29, 0.717) is 0 Å². The van der Waals surface area contributed by atoms with Crippen LogP contribution in [0.25, 0.3) is 0 Å². The molecule has 0 aliphatic carbocycles. The normalized spacial score (nSPS) is 8.43. The fourth-order valence-corrected chi connectivity index (χ4v) is 0.316. The molecule has 0 saturated heterocycles. The molecule has 86 valence electrons. The van der Waals surface area contributed by atoms with Crippen LogP contribution in [0.1, 0.15) is 55.4 Å². The van der Waals surface area contributed by atoms with Crippen LogP contribution in [0.2, 0.25) is 0 Å². The molecule has 0 amide bonds. The highest BCUT2D eigenvalue weighted by Crippen LogP contribution is 1.92. The standard InChI is InChI=1S/C8H12.3C2H6/c1-4-6-7-8(3)5-2;3*1-2/h4-7H,1H2,2-3H3;3*1-2H3/b7-6-,8-5-;;;. The van der Waals surface area contributed by atoms with Gasteiger partial charge in [0.05, 0.1) is 0 Å². The van der Waals surface area contributed by atoms with Crippen molar-refractivity contribution in [3.8, 4) is 0 Å². The molecule has 0 aromatic carbocycles. The van der Waals surface area contributed by atoms with Crippen molar-refractivity contribution in [3.63, 3.8) is 0 Å². The Kier molecular flexibility index (Phi) is 66.0. The van der Waals surface area contributed by atoms with Crippen molar-refractivity contribution in [1.29, 1.82) is 0 Å². The molecule has 0 saturated carbocycles. The average Bonchev–Trinajstić information content (AvgIpc) is 2.33. The molecular formula is C14H30. The highest BCUT2D eigenvalue weighted by atomic mass is 13.8. The number of hydrogen-bond donors (Lipinski definition) is 0. The molecule has 0 nitrogen and oxygen atoms in total. The SMILES string of the molecule is C=C/C=C\C(C)=C/C.CC.CC.CC. The summed E-state index contributed by atoms with van der Waals surface area (Å²) < 4.78 is 0. The minimum Gasteiger partial charge on any atom is -0.0991 e. The van der Waals surface area contributed by atoms with Crippen LogP contribution in [0.15, 0.2) is 36.5 Å². The quantitative estimate of drug-likeness (QED) is 0.494. The minimum absolute atomic E-state index is 1.27. The van der Waals surface area contributed by atoms with E-state index in [1.54, 1.807) is 6.08 Å². The molecule has 0 aromatic heterocycles. The number of hydrogen-bond acceptors (Lipinski definition) is 0. The summed E-state index contributed by atoms with van der Waals surface area (Å²) in [7, 11) is 0. The van der Waals surface area contributed by atoms with Crippen LogP contribution in [0, 0.1) is 0 Å². The maximum atomic E-state index is 3.55. The zero-order valence-electron chi connectivity index (χ0n) is 11.5. The van der Waals surface area contributed by atoms with Crippen LogP contribution in [-0.2, 0) is 0 Å². The maximum Gasteiger partial charge on any atom is -0.0401 e. The van der Waals surface area contributed by atoms with Crippen LogP contribution < -0.4 is 0 Å². The second-order valence-electron chi connectivity index (χ2n) is 1.63. The van der Waals surface area contributed by atoms with Gasteiger partial charge in [0, 0.05) is 0 Å². The van der Waals surface area contributed by atoms with E-state index >= 15 is 0 Å². The van der Waals surface area contributed by atoms with Crippen LogP contribution in [0.5, 0.6) is 0 Å². The zero-order valence-corrected chi connectivity index (χ0v) is 11.5. The molecule has 0 heterocycles. The monoisotopic (exact) mass is 198 g/mol. The van der Waals surface area contributed by atoms with E-state index in [4.69, 9.17) is 0 Å². The Balaban J connectivity index is -0.0000000708. The number of allylic oxidation sites excluding steroid dienone is 5. The minimum atomic E-state index is 1.27. The van der Waals surface area contributed by atoms with Gasteiger partial charge in [0.2, 0.25) is 0 Å². The second kappa shape index (κ2) is 39.8. The van der Waals surface area contributed by atoms with Crippen LogP contribution in [-0.4, -0.2) is 0 Å². The molecule has 0 bridgehead atoms. The van der Waals surface area contributed by atoms with E-state index in [1.165, 1.54) is 5.57 Å². The Labute approximate surface area is 92.4 Å². The lowest BCUT2D eigenvalue weighted by atomic mass is 10.3. The molecule has 0 aromatic rings. The highest BCUT2D eigenvalue weighted by Gasteiger charge is 1.70. The first-order chi connectivity index (χ1) is 6.81. The van der Waals surface area contributed by atoms with Crippen molar-refractivity contribution < 1.29 is 0 Å². The van der Waals surface area contributed by atoms with Crippen molar-refractivity contribution in [2.24, 2.45) is 0 Å². The van der Waals surface area contributed by atoms with Gasteiger partial charge in [-0.1, -0.05) is 78.0 Å². The predicted octanol–water partition coefficient (Wildman–Crippen LogP) is 5.77. The third kappa shape index (κ3) is 43.0. The van der Waals surface area contributed by atoms with Crippen molar-refractivity contribution in [3.05, 3.63) is 36.5 Å². The summed E-state index contributed by atoms with van der Waals surface area (Å²) in [5, 5.41) is 0. The molecule has 0 rings (SSSR count). The summed E-state index contributed by atoms with van der Waals surface area (Å²) in [6, 6.07) is 0. The van der Waals surface area contributed by atoms with E-state index in [1.807, 2.05) is 60.6 Å². The molecule has 14 heavy (non-hydrogen) atoms. The molecule has 0 unspecified atom stereocenters. The van der Waals surface area contributed by atoms with Gasteiger partial charge < -0.3 is 0 Å². The molecular weight excluding hydrogens is 168 g/mol. The van der Waals surface area contributed by atoms with E-state index in [2.05, 4.69) is 19.6 Å². The van der Waals surface area contributed by atoms with Crippen molar-refractivity contribution in [2.75, 3.05) is 0 Å². The zero-order chi connectivity index (χ0) is 12.4. The fourth-order valence-electron chi connectivity index (χ4n) is 0.316.